The number of carbonyl (C=O) groups is 1. The van der Waals surface area contributed by atoms with Crippen LogP contribution in [0.4, 0.5) is 5.69 Å². The van der Waals surface area contributed by atoms with Crippen LogP contribution < -0.4 is 11.1 Å². The highest BCUT2D eigenvalue weighted by Gasteiger charge is 2.13. The van der Waals surface area contributed by atoms with Crippen molar-refractivity contribution in [1.82, 2.24) is 0 Å². The van der Waals surface area contributed by atoms with Crippen molar-refractivity contribution in [3.8, 4) is 0 Å². The number of hydrogen-bond acceptors (Lipinski definition) is 2. The highest BCUT2D eigenvalue weighted by atomic mass is 16.2. The van der Waals surface area contributed by atoms with Gasteiger partial charge in [0.2, 0.25) is 5.91 Å². The Balaban J connectivity index is 2.70. The van der Waals surface area contributed by atoms with Crippen molar-refractivity contribution in [1.29, 1.82) is 0 Å². The normalized spacial score (nSPS) is 12.2. The summed E-state index contributed by atoms with van der Waals surface area (Å²) in [5.74, 6) is -0.0876. The van der Waals surface area contributed by atoms with Crippen molar-refractivity contribution in [2.24, 2.45) is 5.73 Å². The standard InChI is InChI=1S/C14H22N2O/c1-3-7-11-9-5-6-10-13(11)16-14(17)12(15)8-4-2/h5-6,9-10,12H,3-4,7-8,15H2,1-2H3,(H,16,17). The fourth-order valence-electron chi connectivity index (χ4n) is 1.80. The Hall–Kier alpha value is -1.35. The molecule has 1 unspecified atom stereocenters. The van der Waals surface area contributed by atoms with Gasteiger partial charge in [-0.2, -0.15) is 0 Å². The summed E-state index contributed by atoms with van der Waals surface area (Å²) in [7, 11) is 0. The molecular formula is C14H22N2O. The Labute approximate surface area is 103 Å². The summed E-state index contributed by atoms with van der Waals surface area (Å²) in [5.41, 5.74) is 7.86. The average molecular weight is 234 g/mol. The quantitative estimate of drug-likeness (QED) is 0.795. The lowest BCUT2D eigenvalue weighted by atomic mass is 10.1. The molecule has 0 saturated heterocycles. The summed E-state index contributed by atoms with van der Waals surface area (Å²) in [6.07, 6.45) is 3.68. The highest BCUT2D eigenvalue weighted by molar-refractivity contribution is 5.95. The van der Waals surface area contributed by atoms with Crippen molar-refractivity contribution in [2.45, 2.75) is 45.6 Å². The van der Waals surface area contributed by atoms with Gasteiger partial charge in [0.25, 0.3) is 0 Å². The SMILES string of the molecule is CCCc1ccccc1NC(=O)C(N)CCC. The smallest absolute Gasteiger partial charge is 0.241 e. The van der Waals surface area contributed by atoms with Crippen LogP contribution in [0.1, 0.15) is 38.7 Å². The zero-order chi connectivity index (χ0) is 12.7. The van der Waals surface area contributed by atoms with Gasteiger partial charge >= 0.3 is 0 Å². The van der Waals surface area contributed by atoms with E-state index in [9.17, 15) is 4.79 Å². The number of para-hydroxylation sites is 1. The molecule has 3 nitrogen and oxygen atoms in total. The van der Waals surface area contributed by atoms with Crippen molar-refractivity contribution in [3.05, 3.63) is 29.8 Å². The molecule has 0 aromatic heterocycles. The number of aryl methyl sites for hydroxylation is 1. The van der Waals surface area contributed by atoms with Crippen LogP contribution >= 0.6 is 0 Å². The van der Waals surface area contributed by atoms with Gasteiger partial charge in [0, 0.05) is 5.69 Å². The van der Waals surface area contributed by atoms with Gasteiger partial charge in [0.05, 0.1) is 6.04 Å². The van der Waals surface area contributed by atoms with E-state index in [0.717, 1.165) is 31.4 Å². The van der Waals surface area contributed by atoms with E-state index in [1.165, 1.54) is 5.56 Å². The summed E-state index contributed by atoms with van der Waals surface area (Å²) in [6.45, 7) is 4.15. The summed E-state index contributed by atoms with van der Waals surface area (Å²) in [4.78, 5) is 11.8. The van der Waals surface area contributed by atoms with Crippen molar-refractivity contribution in [2.75, 3.05) is 5.32 Å². The maximum Gasteiger partial charge on any atom is 0.241 e. The molecule has 0 bridgehead atoms. The highest BCUT2D eigenvalue weighted by Crippen LogP contribution is 2.17. The summed E-state index contributed by atoms with van der Waals surface area (Å²) in [6, 6.07) is 7.49. The zero-order valence-electron chi connectivity index (χ0n) is 10.7. The molecule has 0 heterocycles. The van der Waals surface area contributed by atoms with E-state index >= 15 is 0 Å². The van der Waals surface area contributed by atoms with Gasteiger partial charge in [-0.05, 0) is 24.5 Å². The molecule has 0 fully saturated rings. The topological polar surface area (TPSA) is 55.1 Å². The zero-order valence-corrected chi connectivity index (χ0v) is 10.7. The summed E-state index contributed by atoms with van der Waals surface area (Å²) in [5, 5.41) is 2.92. The third kappa shape index (κ3) is 4.19. The van der Waals surface area contributed by atoms with Gasteiger partial charge in [-0.3, -0.25) is 4.79 Å². The minimum atomic E-state index is -0.408. The number of rotatable bonds is 6. The molecule has 0 aliphatic rings. The van der Waals surface area contributed by atoms with Crippen LogP contribution in [0, 0.1) is 0 Å². The molecule has 0 saturated carbocycles. The van der Waals surface area contributed by atoms with E-state index in [4.69, 9.17) is 5.73 Å². The van der Waals surface area contributed by atoms with Crippen molar-refractivity contribution < 1.29 is 4.79 Å². The first-order chi connectivity index (χ1) is 8.19. The lowest BCUT2D eigenvalue weighted by Crippen LogP contribution is -2.35. The summed E-state index contributed by atoms with van der Waals surface area (Å²) >= 11 is 0. The fourth-order valence-corrected chi connectivity index (χ4v) is 1.80. The predicted octanol–water partition coefficient (Wildman–Crippen LogP) is 2.71. The first-order valence-corrected chi connectivity index (χ1v) is 6.33. The lowest BCUT2D eigenvalue weighted by Gasteiger charge is -2.14. The predicted molar refractivity (Wildman–Crippen MR) is 72.0 cm³/mol. The van der Waals surface area contributed by atoms with Gasteiger partial charge < -0.3 is 11.1 Å². The molecule has 1 amide bonds. The van der Waals surface area contributed by atoms with Gasteiger partial charge in [-0.15, -0.1) is 0 Å². The average Bonchev–Trinajstić information content (AvgIpc) is 2.32. The van der Waals surface area contributed by atoms with E-state index in [1.54, 1.807) is 0 Å². The Bertz CT molecular complexity index is 363. The number of anilines is 1. The molecule has 0 spiro atoms. The molecular weight excluding hydrogens is 212 g/mol. The molecule has 1 rings (SSSR count). The number of benzene rings is 1. The van der Waals surface area contributed by atoms with Crippen LogP contribution in [0.25, 0.3) is 0 Å². The molecule has 1 aromatic rings. The van der Waals surface area contributed by atoms with Crippen LogP contribution in [0.15, 0.2) is 24.3 Å². The third-order valence-electron chi connectivity index (χ3n) is 2.73. The first-order valence-electron chi connectivity index (χ1n) is 6.33. The minimum absolute atomic E-state index is 0.0876. The molecule has 3 heteroatoms. The molecule has 0 aliphatic heterocycles. The molecule has 1 atom stereocenters. The van der Waals surface area contributed by atoms with E-state index in [0.29, 0.717) is 0 Å². The van der Waals surface area contributed by atoms with E-state index in [1.807, 2.05) is 31.2 Å². The van der Waals surface area contributed by atoms with E-state index in [-0.39, 0.29) is 5.91 Å². The van der Waals surface area contributed by atoms with Crippen LogP contribution in [-0.4, -0.2) is 11.9 Å². The van der Waals surface area contributed by atoms with E-state index < -0.39 is 6.04 Å². The number of carbonyl (C=O) groups excluding carboxylic acids is 1. The van der Waals surface area contributed by atoms with Gasteiger partial charge in [-0.1, -0.05) is 44.9 Å². The molecule has 1 aromatic carbocycles. The Morgan fingerprint density at radius 2 is 2.00 bits per heavy atom. The molecule has 0 radical (unpaired) electrons. The molecule has 94 valence electrons. The minimum Gasteiger partial charge on any atom is -0.324 e. The maximum atomic E-state index is 11.8. The molecule has 3 N–H and O–H groups in total. The monoisotopic (exact) mass is 234 g/mol. The number of amides is 1. The third-order valence-corrected chi connectivity index (χ3v) is 2.73. The van der Waals surface area contributed by atoms with Gasteiger partial charge in [-0.25, -0.2) is 0 Å². The Kier molecular flexibility index (Phi) is 5.70. The van der Waals surface area contributed by atoms with E-state index in [2.05, 4.69) is 12.2 Å². The number of hydrogen-bond donors (Lipinski definition) is 2. The Morgan fingerprint density at radius 3 is 2.65 bits per heavy atom. The fraction of sp³-hybridized carbons (Fsp3) is 0.500. The molecule has 0 aliphatic carbocycles. The van der Waals surface area contributed by atoms with Crippen LogP contribution in [0.3, 0.4) is 0 Å². The number of nitrogens with two attached hydrogens (primary N) is 1. The second-order valence-electron chi connectivity index (χ2n) is 4.29. The largest absolute Gasteiger partial charge is 0.324 e. The van der Waals surface area contributed by atoms with Crippen LogP contribution in [-0.2, 0) is 11.2 Å². The first kappa shape index (κ1) is 13.7. The van der Waals surface area contributed by atoms with Crippen LogP contribution in [0.2, 0.25) is 0 Å². The molecule has 17 heavy (non-hydrogen) atoms. The van der Waals surface area contributed by atoms with Crippen molar-refractivity contribution >= 4 is 11.6 Å². The summed E-state index contributed by atoms with van der Waals surface area (Å²) < 4.78 is 0. The van der Waals surface area contributed by atoms with Crippen LogP contribution in [0.5, 0.6) is 0 Å². The lowest BCUT2D eigenvalue weighted by molar-refractivity contribution is -0.117. The van der Waals surface area contributed by atoms with Gasteiger partial charge in [0.1, 0.15) is 0 Å². The second-order valence-corrected chi connectivity index (χ2v) is 4.29. The Morgan fingerprint density at radius 1 is 1.29 bits per heavy atom. The maximum absolute atomic E-state index is 11.8. The second kappa shape index (κ2) is 7.07. The van der Waals surface area contributed by atoms with Gasteiger partial charge in [0.15, 0.2) is 0 Å². The number of nitrogens with one attached hydrogen (secondary N) is 1. The van der Waals surface area contributed by atoms with Crippen molar-refractivity contribution in [3.63, 3.8) is 0 Å².